The molecule has 3 aromatic rings. The van der Waals surface area contributed by atoms with Crippen molar-refractivity contribution >= 4 is 28.5 Å². The Kier molecular flexibility index (Phi) is 3.09. The van der Waals surface area contributed by atoms with Gasteiger partial charge in [0, 0.05) is 23.3 Å². The molecule has 0 radical (unpaired) electrons. The fourth-order valence-corrected chi connectivity index (χ4v) is 2.34. The maximum atomic E-state index is 6.06. The highest BCUT2D eigenvalue weighted by Crippen LogP contribution is 2.32. The van der Waals surface area contributed by atoms with Crippen LogP contribution in [0.4, 0.5) is 5.82 Å². The predicted molar refractivity (Wildman–Crippen MR) is 78.5 cm³/mol. The molecule has 0 bridgehead atoms. The van der Waals surface area contributed by atoms with E-state index in [4.69, 9.17) is 11.6 Å². The first kappa shape index (κ1) is 12.0. The lowest BCUT2D eigenvalue weighted by atomic mass is 10.1. The van der Waals surface area contributed by atoms with Crippen molar-refractivity contribution < 1.29 is 0 Å². The summed E-state index contributed by atoms with van der Waals surface area (Å²) in [6.45, 7) is 2.85. The fraction of sp³-hybridized carbons (Fsp3) is 0.143. The van der Waals surface area contributed by atoms with Crippen LogP contribution in [0.1, 0.15) is 6.92 Å². The number of nitrogens with one attached hydrogen (secondary N) is 2. The van der Waals surface area contributed by atoms with E-state index in [1.165, 1.54) is 0 Å². The lowest BCUT2D eigenvalue weighted by Crippen LogP contribution is -2.00. The van der Waals surface area contributed by atoms with Crippen LogP contribution >= 0.6 is 11.6 Å². The van der Waals surface area contributed by atoms with Crippen molar-refractivity contribution in [3.63, 3.8) is 0 Å². The molecule has 0 saturated carbocycles. The summed E-state index contributed by atoms with van der Waals surface area (Å²) in [5.41, 5.74) is 2.92. The molecule has 2 aromatic heterocycles. The molecular formula is C14H13ClN4. The van der Waals surface area contributed by atoms with Crippen molar-refractivity contribution in [1.82, 2.24) is 15.0 Å². The zero-order valence-electron chi connectivity index (χ0n) is 10.4. The minimum atomic E-state index is 0.716. The van der Waals surface area contributed by atoms with E-state index in [1.807, 2.05) is 37.4 Å². The lowest BCUT2D eigenvalue weighted by molar-refractivity contribution is 1.14. The maximum absolute atomic E-state index is 6.06. The van der Waals surface area contributed by atoms with Gasteiger partial charge in [-0.2, -0.15) is 0 Å². The Morgan fingerprint density at radius 2 is 2.21 bits per heavy atom. The largest absolute Gasteiger partial charge is 0.370 e. The highest BCUT2D eigenvalue weighted by atomic mass is 35.5. The first-order valence-electron chi connectivity index (χ1n) is 6.11. The predicted octanol–water partition coefficient (Wildman–Crippen LogP) is 3.71. The number of H-pyrrole nitrogens is 1. The summed E-state index contributed by atoms with van der Waals surface area (Å²) in [5.74, 6) is 0.837. The molecule has 96 valence electrons. The number of rotatable bonds is 3. The van der Waals surface area contributed by atoms with Gasteiger partial charge in [0.05, 0.1) is 5.39 Å². The molecule has 2 heterocycles. The van der Waals surface area contributed by atoms with E-state index in [1.54, 1.807) is 6.33 Å². The second-order valence-corrected chi connectivity index (χ2v) is 4.63. The average molecular weight is 273 g/mol. The Morgan fingerprint density at radius 3 is 3.00 bits per heavy atom. The van der Waals surface area contributed by atoms with Gasteiger partial charge < -0.3 is 10.3 Å². The Morgan fingerprint density at radius 1 is 1.32 bits per heavy atom. The molecule has 0 saturated heterocycles. The van der Waals surface area contributed by atoms with Crippen molar-refractivity contribution in [1.29, 1.82) is 0 Å². The summed E-state index contributed by atoms with van der Waals surface area (Å²) in [6.07, 6.45) is 3.49. The van der Waals surface area contributed by atoms with E-state index in [2.05, 4.69) is 20.3 Å². The van der Waals surface area contributed by atoms with Gasteiger partial charge in [0.1, 0.15) is 17.8 Å². The number of aromatic amines is 1. The van der Waals surface area contributed by atoms with Crippen molar-refractivity contribution in [2.24, 2.45) is 0 Å². The summed E-state index contributed by atoms with van der Waals surface area (Å²) in [4.78, 5) is 11.7. The van der Waals surface area contributed by atoms with E-state index in [0.717, 1.165) is 34.5 Å². The second kappa shape index (κ2) is 4.90. The minimum Gasteiger partial charge on any atom is -0.370 e. The Labute approximate surface area is 115 Å². The van der Waals surface area contributed by atoms with Crippen LogP contribution < -0.4 is 5.32 Å². The quantitative estimate of drug-likeness (QED) is 0.764. The molecule has 5 heteroatoms. The zero-order chi connectivity index (χ0) is 13.2. The highest BCUT2D eigenvalue weighted by Gasteiger charge is 2.12. The molecular weight excluding hydrogens is 260 g/mol. The van der Waals surface area contributed by atoms with Crippen LogP contribution in [0.3, 0.4) is 0 Å². The van der Waals surface area contributed by atoms with Gasteiger partial charge in [-0.15, -0.1) is 0 Å². The number of halogens is 1. The molecule has 0 atom stereocenters. The molecule has 0 amide bonds. The average Bonchev–Trinajstić information content (AvgIpc) is 2.84. The number of benzene rings is 1. The zero-order valence-corrected chi connectivity index (χ0v) is 11.2. The Balaban J connectivity index is 2.24. The molecule has 19 heavy (non-hydrogen) atoms. The molecule has 4 nitrogen and oxygen atoms in total. The number of hydrogen-bond acceptors (Lipinski definition) is 3. The summed E-state index contributed by atoms with van der Waals surface area (Å²) in [7, 11) is 0. The standard InChI is InChI=1S/C14H13ClN4/c1-2-16-13-12-11(7-17-14(12)19-8-18-13)9-4-3-5-10(15)6-9/h3-8H,2H2,1H3,(H2,16,17,18,19). The SMILES string of the molecule is CCNc1ncnc2[nH]cc(-c3cccc(Cl)c3)c12. The normalized spacial score (nSPS) is 10.8. The van der Waals surface area contributed by atoms with E-state index in [-0.39, 0.29) is 0 Å². The monoisotopic (exact) mass is 272 g/mol. The van der Waals surface area contributed by atoms with Gasteiger partial charge in [0.25, 0.3) is 0 Å². The topological polar surface area (TPSA) is 53.6 Å². The van der Waals surface area contributed by atoms with Gasteiger partial charge in [0.15, 0.2) is 0 Å². The van der Waals surface area contributed by atoms with Crippen LogP contribution in [-0.4, -0.2) is 21.5 Å². The summed E-state index contributed by atoms with van der Waals surface area (Å²) in [5, 5.41) is 4.97. The third-order valence-corrected chi connectivity index (χ3v) is 3.18. The van der Waals surface area contributed by atoms with Crippen LogP contribution in [0.15, 0.2) is 36.8 Å². The molecule has 0 aliphatic heterocycles. The van der Waals surface area contributed by atoms with E-state index in [0.29, 0.717) is 5.02 Å². The van der Waals surface area contributed by atoms with E-state index in [9.17, 15) is 0 Å². The minimum absolute atomic E-state index is 0.716. The third-order valence-electron chi connectivity index (χ3n) is 2.95. The number of fused-ring (bicyclic) bond motifs is 1. The van der Waals surface area contributed by atoms with Gasteiger partial charge in [-0.05, 0) is 24.6 Å². The van der Waals surface area contributed by atoms with Crippen LogP contribution in [0.2, 0.25) is 5.02 Å². The van der Waals surface area contributed by atoms with Crippen LogP contribution in [0.5, 0.6) is 0 Å². The molecule has 2 N–H and O–H groups in total. The molecule has 1 aromatic carbocycles. The van der Waals surface area contributed by atoms with E-state index < -0.39 is 0 Å². The van der Waals surface area contributed by atoms with Gasteiger partial charge in [-0.25, -0.2) is 9.97 Å². The Bertz CT molecular complexity index is 720. The molecule has 3 rings (SSSR count). The van der Waals surface area contributed by atoms with Crippen LogP contribution in [-0.2, 0) is 0 Å². The maximum Gasteiger partial charge on any atom is 0.143 e. The molecule has 0 aliphatic rings. The second-order valence-electron chi connectivity index (χ2n) is 4.19. The van der Waals surface area contributed by atoms with Gasteiger partial charge in [-0.3, -0.25) is 0 Å². The molecule has 0 aliphatic carbocycles. The number of aromatic nitrogens is 3. The summed E-state index contributed by atoms with van der Waals surface area (Å²) < 4.78 is 0. The van der Waals surface area contributed by atoms with Crippen molar-refractivity contribution in [3.8, 4) is 11.1 Å². The van der Waals surface area contributed by atoms with Gasteiger partial charge in [-0.1, -0.05) is 23.7 Å². The first-order chi connectivity index (χ1) is 9.29. The van der Waals surface area contributed by atoms with Crippen LogP contribution in [0, 0.1) is 0 Å². The molecule has 0 fully saturated rings. The Hall–Kier alpha value is -2.07. The smallest absolute Gasteiger partial charge is 0.143 e. The summed E-state index contributed by atoms with van der Waals surface area (Å²) >= 11 is 6.06. The molecule has 0 unspecified atom stereocenters. The fourth-order valence-electron chi connectivity index (χ4n) is 2.15. The van der Waals surface area contributed by atoms with Gasteiger partial charge >= 0.3 is 0 Å². The lowest BCUT2D eigenvalue weighted by Gasteiger charge is -2.06. The summed E-state index contributed by atoms with van der Waals surface area (Å²) in [6, 6.07) is 7.76. The molecule has 0 spiro atoms. The highest BCUT2D eigenvalue weighted by molar-refractivity contribution is 6.30. The van der Waals surface area contributed by atoms with Crippen molar-refractivity contribution in [2.75, 3.05) is 11.9 Å². The number of anilines is 1. The van der Waals surface area contributed by atoms with Crippen molar-refractivity contribution in [3.05, 3.63) is 41.8 Å². The first-order valence-corrected chi connectivity index (χ1v) is 6.49. The number of nitrogens with zero attached hydrogens (tertiary/aromatic N) is 2. The number of hydrogen-bond donors (Lipinski definition) is 2. The van der Waals surface area contributed by atoms with Gasteiger partial charge in [0.2, 0.25) is 0 Å². The van der Waals surface area contributed by atoms with Crippen LogP contribution in [0.25, 0.3) is 22.2 Å². The van der Waals surface area contributed by atoms with E-state index >= 15 is 0 Å². The van der Waals surface area contributed by atoms with Crippen molar-refractivity contribution in [2.45, 2.75) is 6.92 Å². The third kappa shape index (κ3) is 2.15.